The molecule has 0 aliphatic carbocycles. The molecule has 0 radical (unpaired) electrons. The summed E-state index contributed by atoms with van der Waals surface area (Å²) in [5, 5.41) is 0. The topological polar surface area (TPSA) is 0 Å². The molecule has 0 nitrogen and oxygen atoms in total. The zero-order chi connectivity index (χ0) is 7.82. The van der Waals surface area contributed by atoms with Gasteiger partial charge >= 0.3 is 0 Å². The first-order chi connectivity index (χ1) is 4.77. The van der Waals surface area contributed by atoms with Crippen LogP contribution in [0, 0.1) is 0 Å². The van der Waals surface area contributed by atoms with Crippen molar-refractivity contribution < 1.29 is 0 Å². The van der Waals surface area contributed by atoms with E-state index in [4.69, 9.17) is 0 Å². The maximum atomic E-state index is 2.26. The Morgan fingerprint density at radius 2 is 2.00 bits per heavy atom. The van der Waals surface area contributed by atoms with Crippen molar-refractivity contribution in [2.24, 2.45) is 0 Å². The molecule has 0 aliphatic rings. The Morgan fingerprint density at radius 1 is 1.30 bits per heavy atom. The summed E-state index contributed by atoms with van der Waals surface area (Å²) in [6, 6.07) is 0. The van der Waals surface area contributed by atoms with Gasteiger partial charge in [0.05, 0.1) is 0 Å². The van der Waals surface area contributed by atoms with Gasteiger partial charge in [0.2, 0.25) is 0 Å². The molecule has 0 N–H and O–H groups in total. The second-order valence-corrected chi connectivity index (χ2v) is 3.46. The second-order valence-electron chi connectivity index (χ2n) is 2.39. The van der Waals surface area contributed by atoms with Crippen molar-refractivity contribution in [3.63, 3.8) is 0 Å². The highest BCUT2D eigenvalue weighted by Gasteiger charge is 1.80. The highest BCUT2D eigenvalue weighted by atomic mass is 32.2. The van der Waals surface area contributed by atoms with E-state index in [0.29, 0.717) is 0 Å². The quantitative estimate of drug-likeness (QED) is 0.444. The van der Waals surface area contributed by atoms with Crippen LogP contribution < -0.4 is 0 Å². The molecule has 0 unspecified atom stereocenters. The number of rotatable bonds is 4. The van der Waals surface area contributed by atoms with Crippen molar-refractivity contribution >= 4 is 11.8 Å². The third-order valence-electron chi connectivity index (χ3n) is 1.06. The van der Waals surface area contributed by atoms with Crippen LogP contribution in [0.3, 0.4) is 0 Å². The number of hydrogen-bond acceptors (Lipinski definition) is 1. The average Bonchev–Trinajstić information content (AvgIpc) is 1.87. The largest absolute Gasteiger partial charge is 0.154 e. The first-order valence-corrected chi connectivity index (χ1v) is 4.75. The summed E-state index contributed by atoms with van der Waals surface area (Å²) >= 11 is 1.94. The molecular weight excluding hydrogens is 140 g/mol. The summed E-state index contributed by atoms with van der Waals surface area (Å²) in [4.78, 5) is 0. The molecule has 1 heteroatoms. The van der Waals surface area contributed by atoms with E-state index in [9.17, 15) is 0 Å². The van der Waals surface area contributed by atoms with Crippen molar-refractivity contribution in [2.45, 2.75) is 20.8 Å². The van der Waals surface area contributed by atoms with Crippen LogP contribution in [0.2, 0.25) is 0 Å². The Bertz CT molecular complexity index is 119. The summed E-state index contributed by atoms with van der Waals surface area (Å²) in [6.07, 6.45) is 6.53. The third kappa shape index (κ3) is 7.83. The minimum atomic E-state index is 1.14. The summed E-state index contributed by atoms with van der Waals surface area (Å²) in [5.41, 5.74) is 1.41. The number of hydrogen-bond donors (Lipinski definition) is 0. The number of thioether (sulfide) groups is 1. The minimum absolute atomic E-state index is 1.14. The summed E-state index contributed by atoms with van der Waals surface area (Å²) in [5.74, 6) is 2.28. The molecule has 0 atom stereocenters. The Hall–Kier alpha value is -0.170. The molecule has 0 saturated heterocycles. The van der Waals surface area contributed by atoms with E-state index in [1.807, 2.05) is 11.8 Å². The van der Waals surface area contributed by atoms with Crippen LogP contribution in [-0.2, 0) is 0 Å². The van der Waals surface area contributed by atoms with Crippen LogP contribution in [0.15, 0.2) is 23.8 Å². The molecule has 0 fully saturated rings. The van der Waals surface area contributed by atoms with E-state index in [-0.39, 0.29) is 0 Å². The Morgan fingerprint density at radius 3 is 2.50 bits per heavy atom. The van der Waals surface area contributed by atoms with Crippen molar-refractivity contribution in [3.8, 4) is 0 Å². The molecule has 0 heterocycles. The summed E-state index contributed by atoms with van der Waals surface area (Å²) in [7, 11) is 0. The molecule has 0 saturated carbocycles. The van der Waals surface area contributed by atoms with Gasteiger partial charge in [-0.05, 0) is 20.8 Å². The van der Waals surface area contributed by atoms with Crippen LogP contribution in [0.5, 0.6) is 0 Å². The van der Waals surface area contributed by atoms with Gasteiger partial charge in [-0.1, -0.05) is 23.8 Å². The number of allylic oxidation sites excluding steroid dienone is 2. The van der Waals surface area contributed by atoms with E-state index in [2.05, 4.69) is 39.0 Å². The van der Waals surface area contributed by atoms with Gasteiger partial charge in [-0.3, -0.25) is 0 Å². The van der Waals surface area contributed by atoms with Gasteiger partial charge in [0.25, 0.3) is 0 Å². The van der Waals surface area contributed by atoms with Crippen molar-refractivity contribution in [1.82, 2.24) is 0 Å². The van der Waals surface area contributed by atoms with Gasteiger partial charge < -0.3 is 0 Å². The summed E-state index contributed by atoms with van der Waals surface area (Å²) in [6.45, 7) is 6.33. The predicted molar refractivity (Wildman–Crippen MR) is 51.6 cm³/mol. The van der Waals surface area contributed by atoms with Crippen molar-refractivity contribution in [3.05, 3.63) is 23.8 Å². The highest BCUT2D eigenvalue weighted by molar-refractivity contribution is 7.99. The lowest BCUT2D eigenvalue weighted by Crippen LogP contribution is -1.75. The lowest BCUT2D eigenvalue weighted by molar-refractivity contribution is 1.37. The van der Waals surface area contributed by atoms with Gasteiger partial charge in [-0.2, -0.15) is 11.8 Å². The zero-order valence-electron chi connectivity index (χ0n) is 7.05. The van der Waals surface area contributed by atoms with Crippen LogP contribution in [-0.4, -0.2) is 11.5 Å². The molecule has 0 aliphatic heterocycles. The van der Waals surface area contributed by atoms with E-state index in [0.717, 1.165) is 11.5 Å². The Kier molecular flexibility index (Phi) is 6.83. The van der Waals surface area contributed by atoms with Gasteiger partial charge in [0.15, 0.2) is 0 Å². The fourth-order valence-corrected chi connectivity index (χ4v) is 1.37. The zero-order valence-corrected chi connectivity index (χ0v) is 7.87. The first-order valence-electron chi connectivity index (χ1n) is 3.59. The monoisotopic (exact) mass is 156 g/mol. The van der Waals surface area contributed by atoms with Crippen LogP contribution in [0.4, 0.5) is 0 Å². The second kappa shape index (κ2) is 6.94. The first kappa shape index (κ1) is 9.83. The molecule has 0 amide bonds. The maximum Gasteiger partial charge on any atom is 0.0118 e. The Balaban J connectivity index is 3.13. The standard InChI is InChI=1S/C9H16S/c1-4-5-7-10-8-6-9(2)3/h4-6H,7-8H2,1-3H3/b5-4+. The SMILES string of the molecule is C/C=C/CSCC=C(C)C. The lowest BCUT2D eigenvalue weighted by atomic mass is 10.3. The van der Waals surface area contributed by atoms with Crippen molar-refractivity contribution in [1.29, 1.82) is 0 Å². The molecule has 0 aromatic heterocycles. The van der Waals surface area contributed by atoms with Crippen molar-refractivity contribution in [2.75, 3.05) is 11.5 Å². The molecule has 0 spiro atoms. The smallest absolute Gasteiger partial charge is 0.0118 e. The normalized spacial score (nSPS) is 10.3. The molecule has 0 rings (SSSR count). The van der Waals surface area contributed by atoms with Crippen LogP contribution in [0.25, 0.3) is 0 Å². The predicted octanol–water partition coefficient (Wildman–Crippen LogP) is 3.26. The lowest BCUT2D eigenvalue weighted by Gasteiger charge is -1.91. The highest BCUT2D eigenvalue weighted by Crippen LogP contribution is 2.02. The molecule has 58 valence electrons. The fraction of sp³-hybridized carbons (Fsp3) is 0.556. The maximum absolute atomic E-state index is 2.26. The molecular formula is C9H16S. The van der Waals surface area contributed by atoms with Gasteiger partial charge in [-0.15, -0.1) is 0 Å². The Labute approximate surface area is 68.4 Å². The molecule has 0 aromatic rings. The average molecular weight is 156 g/mol. The molecule has 0 aromatic carbocycles. The van der Waals surface area contributed by atoms with Crippen LogP contribution >= 0.6 is 11.8 Å². The van der Waals surface area contributed by atoms with Crippen LogP contribution in [0.1, 0.15) is 20.8 Å². The molecule has 0 bridgehead atoms. The van der Waals surface area contributed by atoms with Gasteiger partial charge in [0.1, 0.15) is 0 Å². The minimum Gasteiger partial charge on any atom is -0.154 e. The molecule has 10 heavy (non-hydrogen) atoms. The van der Waals surface area contributed by atoms with Gasteiger partial charge in [0, 0.05) is 11.5 Å². The van der Waals surface area contributed by atoms with E-state index < -0.39 is 0 Å². The third-order valence-corrected chi connectivity index (χ3v) is 1.89. The van der Waals surface area contributed by atoms with E-state index in [1.54, 1.807) is 0 Å². The fourth-order valence-electron chi connectivity index (χ4n) is 0.458. The van der Waals surface area contributed by atoms with E-state index in [1.165, 1.54) is 5.57 Å². The summed E-state index contributed by atoms with van der Waals surface area (Å²) < 4.78 is 0. The van der Waals surface area contributed by atoms with E-state index >= 15 is 0 Å². The van der Waals surface area contributed by atoms with Gasteiger partial charge in [-0.25, -0.2) is 0 Å².